The molecule has 1 aromatic carbocycles. The van der Waals surface area contributed by atoms with Crippen LogP contribution in [-0.4, -0.2) is 25.0 Å². The lowest BCUT2D eigenvalue weighted by Crippen LogP contribution is -2.30. The van der Waals surface area contributed by atoms with E-state index in [2.05, 4.69) is 0 Å². The zero-order valence-electron chi connectivity index (χ0n) is 14.1. The van der Waals surface area contributed by atoms with Crippen molar-refractivity contribution in [2.75, 3.05) is 14.2 Å². The zero-order valence-corrected chi connectivity index (χ0v) is 14.9. The molecule has 0 spiro atoms. The number of hydrogen-bond donors (Lipinski definition) is 0. The van der Waals surface area contributed by atoms with Crippen LogP contribution < -0.4 is 9.47 Å². The van der Waals surface area contributed by atoms with Crippen LogP contribution in [0.25, 0.3) is 0 Å². The number of thiophene rings is 1. The second-order valence-electron chi connectivity index (χ2n) is 5.41. The van der Waals surface area contributed by atoms with E-state index in [1.54, 1.807) is 61.2 Å². The Morgan fingerprint density at radius 2 is 1.84 bits per heavy atom. The Bertz CT molecular complexity index is 754. The van der Waals surface area contributed by atoms with Gasteiger partial charge in [0.1, 0.15) is 17.1 Å². The molecule has 0 atom stereocenters. The molecule has 0 radical (unpaired) electrons. The highest BCUT2D eigenvalue weighted by molar-refractivity contribution is 7.09. The highest BCUT2D eigenvalue weighted by atomic mass is 32.1. The fraction of sp³-hybridized carbons (Fsp3) is 0.211. The summed E-state index contributed by atoms with van der Waals surface area (Å²) >= 11 is 1.62. The molecule has 0 aliphatic carbocycles. The Morgan fingerprint density at radius 3 is 2.40 bits per heavy atom. The van der Waals surface area contributed by atoms with E-state index >= 15 is 0 Å². The lowest BCUT2D eigenvalue weighted by Gasteiger charge is -2.23. The van der Waals surface area contributed by atoms with Gasteiger partial charge >= 0.3 is 0 Å². The Morgan fingerprint density at radius 1 is 1.08 bits per heavy atom. The van der Waals surface area contributed by atoms with Gasteiger partial charge in [-0.05, 0) is 29.6 Å². The minimum absolute atomic E-state index is 0.149. The topological polar surface area (TPSA) is 51.9 Å². The molecule has 130 valence electrons. The molecule has 0 bridgehead atoms. The smallest absolute Gasteiger partial charge is 0.262 e. The minimum atomic E-state index is -0.149. The molecular formula is C19H19NO4S. The maximum atomic E-state index is 13.3. The van der Waals surface area contributed by atoms with Gasteiger partial charge in [-0.15, -0.1) is 11.3 Å². The molecule has 0 saturated carbocycles. The van der Waals surface area contributed by atoms with Crippen molar-refractivity contribution >= 4 is 17.2 Å². The number of ether oxygens (including phenoxy) is 2. The highest BCUT2D eigenvalue weighted by Gasteiger charge is 2.24. The second kappa shape index (κ2) is 7.90. The molecule has 3 aromatic rings. The lowest BCUT2D eigenvalue weighted by atomic mass is 10.1. The molecular weight excluding hydrogens is 338 g/mol. The molecule has 25 heavy (non-hydrogen) atoms. The third-order valence-electron chi connectivity index (χ3n) is 3.81. The van der Waals surface area contributed by atoms with Crippen molar-refractivity contribution in [1.82, 2.24) is 4.90 Å². The highest BCUT2D eigenvalue weighted by Crippen LogP contribution is 2.31. The van der Waals surface area contributed by atoms with Crippen molar-refractivity contribution in [1.29, 1.82) is 0 Å². The van der Waals surface area contributed by atoms with Crippen LogP contribution in [0.1, 0.15) is 20.8 Å². The number of hydrogen-bond acceptors (Lipinski definition) is 5. The van der Waals surface area contributed by atoms with Crippen molar-refractivity contribution in [2.45, 2.75) is 13.1 Å². The summed E-state index contributed by atoms with van der Waals surface area (Å²) in [5.74, 6) is 0.837. The lowest BCUT2D eigenvalue weighted by molar-refractivity contribution is 0.0724. The summed E-state index contributed by atoms with van der Waals surface area (Å²) in [6, 6.07) is 11.2. The Balaban J connectivity index is 1.96. The number of methoxy groups -OCH3 is 2. The number of nitrogens with zero attached hydrogens (tertiary/aromatic N) is 1. The number of carbonyl (C=O) groups excluding carboxylic acids is 1. The summed E-state index contributed by atoms with van der Waals surface area (Å²) in [4.78, 5) is 16.2. The van der Waals surface area contributed by atoms with Crippen LogP contribution in [0.5, 0.6) is 11.5 Å². The van der Waals surface area contributed by atoms with Crippen LogP contribution in [0.4, 0.5) is 0 Å². The van der Waals surface area contributed by atoms with Gasteiger partial charge in [-0.1, -0.05) is 12.1 Å². The first-order chi connectivity index (χ1) is 12.2. The first kappa shape index (κ1) is 17.1. The molecule has 0 saturated heterocycles. The van der Waals surface area contributed by atoms with E-state index < -0.39 is 0 Å². The quantitative estimate of drug-likeness (QED) is 0.636. The van der Waals surface area contributed by atoms with Crippen molar-refractivity contribution in [3.63, 3.8) is 0 Å². The Hall–Kier alpha value is -2.73. The van der Waals surface area contributed by atoms with Crippen LogP contribution in [0.2, 0.25) is 0 Å². The largest absolute Gasteiger partial charge is 0.496 e. The zero-order chi connectivity index (χ0) is 17.6. The van der Waals surface area contributed by atoms with E-state index in [9.17, 15) is 4.79 Å². The predicted molar refractivity (Wildman–Crippen MR) is 96.2 cm³/mol. The van der Waals surface area contributed by atoms with Gasteiger partial charge < -0.3 is 18.8 Å². The van der Waals surface area contributed by atoms with E-state index in [-0.39, 0.29) is 5.91 Å². The molecule has 3 rings (SSSR count). The van der Waals surface area contributed by atoms with Gasteiger partial charge in [0.2, 0.25) is 0 Å². The fourth-order valence-corrected chi connectivity index (χ4v) is 3.33. The summed E-state index contributed by atoms with van der Waals surface area (Å²) in [6.45, 7) is 0.942. The van der Waals surface area contributed by atoms with Gasteiger partial charge in [0.05, 0.1) is 33.3 Å². The van der Waals surface area contributed by atoms with Gasteiger partial charge in [-0.25, -0.2) is 0 Å². The van der Waals surface area contributed by atoms with E-state index in [4.69, 9.17) is 13.9 Å². The van der Waals surface area contributed by atoms with E-state index in [0.717, 1.165) is 10.4 Å². The molecule has 5 nitrogen and oxygen atoms in total. The maximum Gasteiger partial charge on any atom is 0.262 e. The molecule has 2 aromatic heterocycles. The summed E-state index contributed by atoms with van der Waals surface area (Å²) in [5.41, 5.74) is 1.35. The standard InChI is InChI=1S/C19H19NO4S/c1-22-16-6-3-7-17(23-2)18(16)19(21)20(11-14-8-9-24-13-14)12-15-5-4-10-25-15/h3-10,13H,11-12H2,1-2H3. The van der Waals surface area contributed by atoms with E-state index in [0.29, 0.717) is 30.2 Å². The first-order valence-corrected chi connectivity index (χ1v) is 8.64. The monoisotopic (exact) mass is 357 g/mol. The molecule has 1 amide bonds. The number of furan rings is 1. The third kappa shape index (κ3) is 3.85. The van der Waals surface area contributed by atoms with Crippen molar-refractivity contribution in [3.05, 3.63) is 70.3 Å². The normalized spacial score (nSPS) is 10.5. The summed E-state index contributed by atoms with van der Waals surface area (Å²) in [5, 5.41) is 2.00. The van der Waals surface area contributed by atoms with Crippen LogP contribution in [0.15, 0.2) is 58.7 Å². The van der Waals surface area contributed by atoms with Crippen LogP contribution in [0, 0.1) is 0 Å². The van der Waals surface area contributed by atoms with Crippen LogP contribution in [0.3, 0.4) is 0 Å². The van der Waals surface area contributed by atoms with Crippen molar-refractivity contribution in [2.24, 2.45) is 0 Å². The van der Waals surface area contributed by atoms with Gasteiger partial charge in [0.25, 0.3) is 5.91 Å². The average Bonchev–Trinajstić information content (AvgIpc) is 3.33. The number of benzene rings is 1. The van der Waals surface area contributed by atoms with Crippen LogP contribution >= 0.6 is 11.3 Å². The van der Waals surface area contributed by atoms with Gasteiger partial charge in [0, 0.05) is 17.0 Å². The molecule has 0 aliphatic heterocycles. The first-order valence-electron chi connectivity index (χ1n) is 7.76. The molecule has 0 aliphatic rings. The van der Waals surface area contributed by atoms with Crippen LogP contribution in [-0.2, 0) is 13.1 Å². The minimum Gasteiger partial charge on any atom is -0.496 e. The molecule has 0 unspecified atom stereocenters. The second-order valence-corrected chi connectivity index (χ2v) is 6.44. The number of rotatable bonds is 7. The SMILES string of the molecule is COc1cccc(OC)c1C(=O)N(Cc1ccoc1)Cc1cccs1. The fourth-order valence-electron chi connectivity index (χ4n) is 2.61. The summed E-state index contributed by atoms with van der Waals surface area (Å²) in [7, 11) is 3.09. The van der Waals surface area contributed by atoms with Crippen molar-refractivity contribution < 1.29 is 18.7 Å². The Labute approximate surface area is 150 Å². The van der Waals surface area contributed by atoms with E-state index in [1.165, 1.54) is 0 Å². The Kier molecular flexibility index (Phi) is 5.40. The summed E-state index contributed by atoms with van der Waals surface area (Å²) < 4.78 is 15.9. The van der Waals surface area contributed by atoms with Gasteiger partial charge in [0.15, 0.2) is 0 Å². The van der Waals surface area contributed by atoms with Gasteiger partial charge in [-0.2, -0.15) is 0 Å². The van der Waals surface area contributed by atoms with Gasteiger partial charge in [-0.3, -0.25) is 4.79 Å². The number of carbonyl (C=O) groups is 1. The molecule has 0 N–H and O–H groups in total. The van der Waals surface area contributed by atoms with E-state index in [1.807, 2.05) is 23.6 Å². The molecule has 6 heteroatoms. The summed E-state index contributed by atoms with van der Waals surface area (Å²) in [6.07, 6.45) is 3.25. The average molecular weight is 357 g/mol. The molecule has 2 heterocycles. The van der Waals surface area contributed by atoms with Crippen molar-refractivity contribution in [3.8, 4) is 11.5 Å². The molecule has 0 fully saturated rings. The predicted octanol–water partition coefficient (Wildman–Crippen LogP) is 4.20. The third-order valence-corrected chi connectivity index (χ3v) is 4.67. The number of amides is 1. The maximum absolute atomic E-state index is 13.3.